The number of hydrogen-bond acceptors (Lipinski definition) is 4. The highest BCUT2D eigenvalue weighted by Gasteiger charge is 2.53. The van der Waals surface area contributed by atoms with E-state index in [1.165, 1.54) is 0 Å². The maximum absolute atomic E-state index is 11.7. The number of carbonyl (C=O) groups excluding carboxylic acids is 1. The van der Waals surface area contributed by atoms with Gasteiger partial charge in [0.25, 0.3) is 0 Å². The minimum absolute atomic E-state index is 0.0774. The highest BCUT2D eigenvalue weighted by molar-refractivity contribution is 5.98. The highest BCUT2D eigenvalue weighted by Crippen LogP contribution is 2.43. The van der Waals surface area contributed by atoms with Gasteiger partial charge < -0.3 is 14.2 Å². The Morgan fingerprint density at radius 2 is 2.13 bits per heavy atom. The summed E-state index contributed by atoms with van der Waals surface area (Å²) in [7, 11) is 0. The van der Waals surface area contributed by atoms with Gasteiger partial charge in [-0.3, -0.25) is 4.79 Å². The van der Waals surface area contributed by atoms with Crippen LogP contribution >= 0.6 is 0 Å². The van der Waals surface area contributed by atoms with Crippen molar-refractivity contribution < 1.29 is 19.0 Å². The Balaban J connectivity index is 1.87. The van der Waals surface area contributed by atoms with Crippen molar-refractivity contribution in [3.05, 3.63) is 12.2 Å². The first-order valence-corrected chi connectivity index (χ1v) is 5.40. The molecule has 0 bridgehead atoms. The van der Waals surface area contributed by atoms with Crippen molar-refractivity contribution in [1.82, 2.24) is 0 Å². The first kappa shape index (κ1) is 9.51. The van der Waals surface area contributed by atoms with Crippen LogP contribution in [0, 0.1) is 0 Å². The molecular formula is C11H14O4. The second kappa shape index (κ2) is 3.14. The molecule has 2 heterocycles. The summed E-state index contributed by atoms with van der Waals surface area (Å²) < 4.78 is 16.8. The molecule has 3 aliphatic rings. The highest BCUT2D eigenvalue weighted by atomic mass is 16.7. The second-order valence-corrected chi connectivity index (χ2v) is 4.36. The molecule has 0 amide bonds. The van der Waals surface area contributed by atoms with Gasteiger partial charge in [0, 0.05) is 0 Å². The van der Waals surface area contributed by atoms with E-state index in [0.29, 0.717) is 19.8 Å². The van der Waals surface area contributed by atoms with Gasteiger partial charge in [0.2, 0.25) is 5.79 Å². The quantitative estimate of drug-likeness (QED) is 0.593. The Bertz CT molecular complexity index is 311. The van der Waals surface area contributed by atoms with Crippen molar-refractivity contribution in [2.24, 2.45) is 0 Å². The number of rotatable bonds is 0. The fraction of sp³-hybridized carbons (Fsp3) is 0.727. The molecule has 1 unspecified atom stereocenters. The van der Waals surface area contributed by atoms with Crippen LogP contribution < -0.4 is 0 Å². The van der Waals surface area contributed by atoms with Gasteiger partial charge in [-0.15, -0.1) is 0 Å². The van der Waals surface area contributed by atoms with Gasteiger partial charge in [-0.2, -0.15) is 0 Å². The van der Waals surface area contributed by atoms with Crippen molar-refractivity contribution >= 4 is 5.78 Å². The Labute approximate surface area is 88.2 Å². The largest absolute Gasteiger partial charge is 0.373 e. The van der Waals surface area contributed by atoms with E-state index in [-0.39, 0.29) is 5.78 Å². The topological polar surface area (TPSA) is 44.8 Å². The van der Waals surface area contributed by atoms with Gasteiger partial charge in [-0.1, -0.05) is 0 Å². The molecule has 0 radical (unpaired) electrons. The lowest BCUT2D eigenvalue weighted by molar-refractivity contribution is -0.313. The summed E-state index contributed by atoms with van der Waals surface area (Å²) in [5, 5.41) is 0. The number of hydrogen-bond donors (Lipinski definition) is 0. The van der Waals surface area contributed by atoms with Gasteiger partial charge in [0.15, 0.2) is 5.78 Å². The van der Waals surface area contributed by atoms with Crippen LogP contribution in [0.4, 0.5) is 0 Å². The predicted octanol–water partition coefficient (Wildman–Crippen LogP) is 0.808. The average Bonchev–Trinajstić information content (AvgIpc) is 2.21. The van der Waals surface area contributed by atoms with E-state index >= 15 is 0 Å². The van der Waals surface area contributed by atoms with E-state index in [1.807, 2.05) is 0 Å². The normalized spacial score (nSPS) is 38.3. The van der Waals surface area contributed by atoms with E-state index in [0.717, 1.165) is 19.3 Å². The summed E-state index contributed by atoms with van der Waals surface area (Å²) in [4.78, 5) is 11.7. The fourth-order valence-corrected chi connectivity index (χ4v) is 2.30. The molecule has 0 aromatic rings. The van der Waals surface area contributed by atoms with Gasteiger partial charge >= 0.3 is 0 Å². The standard InChI is InChI=1S/C11H14O4/c12-9-2-5-11(8-13-6-7-14-11)15-10(9)3-1-4-10/h2,5H,1,3-4,6-8H2. The van der Waals surface area contributed by atoms with Crippen LogP contribution in [0.25, 0.3) is 0 Å². The molecule has 0 aromatic carbocycles. The summed E-state index contributed by atoms with van der Waals surface area (Å²) in [6, 6.07) is 0. The molecule has 82 valence electrons. The number of carbonyl (C=O) groups is 1. The Kier molecular flexibility index (Phi) is 1.99. The van der Waals surface area contributed by atoms with Crippen LogP contribution in [0.1, 0.15) is 19.3 Å². The number of ether oxygens (including phenoxy) is 3. The van der Waals surface area contributed by atoms with Gasteiger partial charge in [-0.25, -0.2) is 0 Å². The molecule has 1 saturated carbocycles. The first-order valence-electron chi connectivity index (χ1n) is 5.40. The van der Waals surface area contributed by atoms with Crippen molar-refractivity contribution in [2.45, 2.75) is 30.7 Å². The predicted molar refractivity (Wildman–Crippen MR) is 51.3 cm³/mol. The smallest absolute Gasteiger partial charge is 0.213 e. The molecule has 4 heteroatoms. The maximum atomic E-state index is 11.7. The van der Waals surface area contributed by atoms with Gasteiger partial charge in [0.1, 0.15) is 12.2 Å². The van der Waals surface area contributed by atoms with Crippen LogP contribution in [-0.4, -0.2) is 37.0 Å². The van der Waals surface area contributed by atoms with E-state index in [2.05, 4.69) is 0 Å². The summed E-state index contributed by atoms with van der Waals surface area (Å²) >= 11 is 0. The number of ketones is 1. The monoisotopic (exact) mass is 210 g/mol. The average molecular weight is 210 g/mol. The third-order valence-corrected chi connectivity index (χ3v) is 3.34. The van der Waals surface area contributed by atoms with Gasteiger partial charge in [0.05, 0.1) is 13.2 Å². The van der Waals surface area contributed by atoms with E-state index in [9.17, 15) is 4.79 Å². The lowest BCUT2D eigenvalue weighted by atomic mass is 9.75. The summed E-state index contributed by atoms with van der Waals surface area (Å²) in [5.74, 6) is -0.722. The SMILES string of the molecule is O=C1C=CC2(COCCO2)OC12CCC2. The maximum Gasteiger partial charge on any atom is 0.213 e. The van der Waals surface area contributed by atoms with Crippen molar-refractivity contribution in [2.75, 3.05) is 19.8 Å². The minimum atomic E-state index is -0.799. The van der Waals surface area contributed by atoms with Crippen LogP contribution in [0.5, 0.6) is 0 Å². The molecule has 3 rings (SSSR count). The van der Waals surface area contributed by atoms with Crippen molar-refractivity contribution in [3.63, 3.8) is 0 Å². The molecule has 2 spiro atoms. The molecule has 1 atom stereocenters. The summed E-state index contributed by atoms with van der Waals surface area (Å²) in [6.45, 7) is 1.51. The summed E-state index contributed by atoms with van der Waals surface area (Å²) in [6.07, 6.45) is 5.95. The van der Waals surface area contributed by atoms with Crippen LogP contribution in [0.2, 0.25) is 0 Å². The zero-order valence-electron chi connectivity index (χ0n) is 8.53. The van der Waals surface area contributed by atoms with E-state index in [1.54, 1.807) is 12.2 Å². The summed E-state index contributed by atoms with van der Waals surface area (Å²) in [5.41, 5.74) is -0.602. The minimum Gasteiger partial charge on any atom is -0.373 e. The van der Waals surface area contributed by atoms with Crippen molar-refractivity contribution in [3.8, 4) is 0 Å². The zero-order valence-corrected chi connectivity index (χ0v) is 8.53. The second-order valence-electron chi connectivity index (χ2n) is 4.36. The molecule has 1 aliphatic carbocycles. The van der Waals surface area contributed by atoms with E-state index < -0.39 is 11.4 Å². The molecule has 1 saturated heterocycles. The van der Waals surface area contributed by atoms with Crippen LogP contribution in [0.15, 0.2) is 12.2 Å². The molecule has 0 aromatic heterocycles. The van der Waals surface area contributed by atoms with Gasteiger partial charge in [-0.05, 0) is 31.4 Å². The third kappa shape index (κ3) is 1.36. The molecular weight excluding hydrogens is 196 g/mol. The first-order chi connectivity index (χ1) is 7.25. The Hall–Kier alpha value is -0.710. The van der Waals surface area contributed by atoms with Crippen LogP contribution in [0.3, 0.4) is 0 Å². The third-order valence-electron chi connectivity index (χ3n) is 3.34. The van der Waals surface area contributed by atoms with Crippen LogP contribution in [-0.2, 0) is 19.0 Å². The zero-order chi connectivity index (χ0) is 10.4. The fourth-order valence-electron chi connectivity index (χ4n) is 2.30. The lowest BCUT2D eigenvalue weighted by Crippen LogP contribution is -2.59. The lowest BCUT2D eigenvalue weighted by Gasteiger charge is -2.49. The molecule has 2 fully saturated rings. The molecule has 15 heavy (non-hydrogen) atoms. The molecule has 4 nitrogen and oxygen atoms in total. The Morgan fingerprint density at radius 1 is 1.27 bits per heavy atom. The van der Waals surface area contributed by atoms with Crippen molar-refractivity contribution in [1.29, 1.82) is 0 Å². The molecule has 2 aliphatic heterocycles. The van der Waals surface area contributed by atoms with E-state index in [4.69, 9.17) is 14.2 Å². The Morgan fingerprint density at radius 3 is 2.73 bits per heavy atom. The molecule has 0 N–H and O–H groups in total.